The largest absolute Gasteiger partial charge is 0.489 e. The summed E-state index contributed by atoms with van der Waals surface area (Å²) in [4.78, 5) is 8.08. The molecular formula is C28H26ClN3O. The molecule has 0 aliphatic heterocycles. The molecule has 5 heteroatoms. The number of H-pyrrole nitrogens is 1. The van der Waals surface area contributed by atoms with E-state index in [0.29, 0.717) is 6.61 Å². The molecule has 0 fully saturated rings. The van der Waals surface area contributed by atoms with Gasteiger partial charge in [0.1, 0.15) is 18.2 Å². The number of imidazole rings is 1. The van der Waals surface area contributed by atoms with Crippen molar-refractivity contribution in [2.45, 2.75) is 26.0 Å². The van der Waals surface area contributed by atoms with E-state index < -0.39 is 0 Å². The first-order valence-electron chi connectivity index (χ1n) is 11.3. The normalized spacial score (nSPS) is 11.3. The summed E-state index contributed by atoms with van der Waals surface area (Å²) in [5, 5.41) is 6.75. The van der Waals surface area contributed by atoms with Crippen LogP contribution in [0.15, 0.2) is 84.9 Å². The van der Waals surface area contributed by atoms with Gasteiger partial charge in [0.25, 0.3) is 0 Å². The smallest absolute Gasteiger partial charge is 0.124 e. The Morgan fingerprint density at radius 2 is 1.79 bits per heavy atom. The third kappa shape index (κ3) is 5.19. The Morgan fingerprint density at radius 1 is 0.909 bits per heavy atom. The van der Waals surface area contributed by atoms with Crippen molar-refractivity contribution in [3.05, 3.63) is 107 Å². The van der Waals surface area contributed by atoms with E-state index >= 15 is 0 Å². The van der Waals surface area contributed by atoms with Crippen LogP contribution in [-0.4, -0.2) is 16.5 Å². The lowest BCUT2D eigenvalue weighted by molar-refractivity contribution is 0.302. The zero-order valence-electron chi connectivity index (χ0n) is 18.4. The third-order valence-corrected chi connectivity index (χ3v) is 6.02. The predicted octanol–water partition coefficient (Wildman–Crippen LogP) is 6.67. The van der Waals surface area contributed by atoms with E-state index in [1.54, 1.807) is 0 Å². The number of benzene rings is 4. The topological polar surface area (TPSA) is 49.9 Å². The van der Waals surface area contributed by atoms with Gasteiger partial charge in [-0.3, -0.25) is 0 Å². The van der Waals surface area contributed by atoms with Crippen molar-refractivity contribution in [1.82, 2.24) is 15.3 Å². The molecule has 0 saturated heterocycles. The van der Waals surface area contributed by atoms with E-state index in [0.717, 1.165) is 59.1 Å². The van der Waals surface area contributed by atoms with E-state index in [2.05, 4.69) is 57.7 Å². The second-order valence-corrected chi connectivity index (χ2v) is 8.60. The molecule has 0 unspecified atom stereocenters. The number of hydrogen-bond acceptors (Lipinski definition) is 3. The molecule has 0 aliphatic carbocycles. The quantitative estimate of drug-likeness (QED) is 0.244. The SMILES string of the molecule is Clc1cccc(COc2ccc3ccccc3c2CNCCCc2nc3ccccc3[nH]2)c1. The minimum Gasteiger partial charge on any atom is -0.489 e. The molecule has 0 bridgehead atoms. The highest BCUT2D eigenvalue weighted by Crippen LogP contribution is 2.29. The first-order chi connectivity index (χ1) is 16.3. The molecule has 0 amide bonds. The average molecular weight is 456 g/mol. The molecular weight excluding hydrogens is 430 g/mol. The Balaban J connectivity index is 1.24. The van der Waals surface area contributed by atoms with Gasteiger partial charge in [-0.05, 0) is 59.6 Å². The second kappa shape index (κ2) is 10.1. The number of hydrogen-bond donors (Lipinski definition) is 2. The van der Waals surface area contributed by atoms with Crippen molar-refractivity contribution in [2.75, 3.05) is 6.54 Å². The van der Waals surface area contributed by atoms with Crippen LogP contribution in [0.5, 0.6) is 5.75 Å². The standard InChI is InChI=1S/C28H26ClN3O/c29-22-9-5-7-20(17-22)19-33-27-15-14-21-8-1-2-10-23(21)24(27)18-30-16-6-13-28-31-25-11-3-4-12-26(25)32-28/h1-5,7-12,14-15,17,30H,6,13,16,18-19H2,(H,31,32). The molecule has 1 aromatic heterocycles. The molecule has 0 saturated carbocycles. The highest BCUT2D eigenvalue weighted by atomic mass is 35.5. The number of ether oxygens (including phenoxy) is 1. The van der Waals surface area contributed by atoms with Gasteiger partial charge in [0.05, 0.1) is 11.0 Å². The Labute approximate surface area is 198 Å². The Bertz CT molecular complexity index is 1350. The Morgan fingerprint density at radius 3 is 2.70 bits per heavy atom. The van der Waals surface area contributed by atoms with Crippen molar-refractivity contribution in [1.29, 1.82) is 0 Å². The molecule has 0 atom stereocenters. The summed E-state index contributed by atoms with van der Waals surface area (Å²) in [5.41, 5.74) is 4.36. The van der Waals surface area contributed by atoms with Crippen LogP contribution < -0.4 is 10.1 Å². The first kappa shape index (κ1) is 21.5. The maximum atomic E-state index is 6.23. The van der Waals surface area contributed by atoms with Crippen LogP contribution in [0.25, 0.3) is 21.8 Å². The van der Waals surface area contributed by atoms with Gasteiger partial charge in [-0.2, -0.15) is 0 Å². The van der Waals surface area contributed by atoms with E-state index in [-0.39, 0.29) is 0 Å². The highest BCUT2D eigenvalue weighted by molar-refractivity contribution is 6.30. The number of fused-ring (bicyclic) bond motifs is 2. The number of nitrogens with zero attached hydrogens (tertiary/aromatic N) is 1. The fourth-order valence-corrected chi connectivity index (χ4v) is 4.35. The number of aryl methyl sites for hydroxylation is 1. The van der Waals surface area contributed by atoms with Gasteiger partial charge in [-0.15, -0.1) is 0 Å². The number of nitrogens with one attached hydrogen (secondary N) is 2. The molecule has 5 rings (SSSR count). The monoisotopic (exact) mass is 455 g/mol. The summed E-state index contributed by atoms with van der Waals surface area (Å²) >= 11 is 6.13. The molecule has 0 radical (unpaired) electrons. The summed E-state index contributed by atoms with van der Waals surface area (Å²) in [6.07, 6.45) is 1.92. The average Bonchev–Trinajstić information content (AvgIpc) is 3.26. The molecule has 0 spiro atoms. The van der Waals surface area contributed by atoms with Gasteiger partial charge in [-0.25, -0.2) is 4.98 Å². The van der Waals surface area contributed by atoms with Gasteiger partial charge in [0, 0.05) is 23.6 Å². The zero-order chi connectivity index (χ0) is 22.5. The number of aromatic nitrogens is 2. The van der Waals surface area contributed by atoms with Crippen molar-refractivity contribution in [3.8, 4) is 5.75 Å². The summed E-state index contributed by atoms with van der Waals surface area (Å²) in [7, 11) is 0. The molecule has 4 aromatic carbocycles. The third-order valence-electron chi connectivity index (χ3n) is 5.79. The summed E-state index contributed by atoms with van der Waals surface area (Å²) < 4.78 is 6.23. The van der Waals surface area contributed by atoms with Crippen molar-refractivity contribution < 1.29 is 4.74 Å². The van der Waals surface area contributed by atoms with E-state index in [1.807, 2.05) is 42.5 Å². The summed E-state index contributed by atoms with van der Waals surface area (Å²) in [5.74, 6) is 1.94. The molecule has 5 aromatic rings. The number of para-hydroxylation sites is 2. The van der Waals surface area contributed by atoms with Crippen molar-refractivity contribution >= 4 is 33.4 Å². The zero-order valence-corrected chi connectivity index (χ0v) is 19.1. The Kier molecular flexibility index (Phi) is 6.56. The molecule has 4 nitrogen and oxygen atoms in total. The summed E-state index contributed by atoms with van der Waals surface area (Å²) in [6.45, 7) is 2.12. The van der Waals surface area contributed by atoms with Gasteiger partial charge < -0.3 is 15.0 Å². The fraction of sp³-hybridized carbons (Fsp3) is 0.179. The minimum atomic E-state index is 0.484. The molecule has 33 heavy (non-hydrogen) atoms. The lowest BCUT2D eigenvalue weighted by Crippen LogP contribution is -2.16. The number of halogens is 1. The fourth-order valence-electron chi connectivity index (χ4n) is 4.14. The van der Waals surface area contributed by atoms with Gasteiger partial charge in [0.2, 0.25) is 0 Å². The van der Waals surface area contributed by atoms with Crippen molar-refractivity contribution in [3.63, 3.8) is 0 Å². The molecule has 0 aliphatic rings. The molecule has 166 valence electrons. The maximum absolute atomic E-state index is 6.23. The van der Waals surface area contributed by atoms with Crippen LogP contribution in [0.1, 0.15) is 23.4 Å². The van der Waals surface area contributed by atoms with Crippen molar-refractivity contribution in [2.24, 2.45) is 0 Å². The van der Waals surface area contributed by atoms with E-state index in [1.165, 1.54) is 16.3 Å². The maximum Gasteiger partial charge on any atom is 0.124 e. The van der Waals surface area contributed by atoms with Gasteiger partial charge in [-0.1, -0.05) is 66.2 Å². The van der Waals surface area contributed by atoms with Crippen LogP contribution in [0.2, 0.25) is 5.02 Å². The predicted molar refractivity (Wildman–Crippen MR) is 136 cm³/mol. The Hall–Kier alpha value is -3.34. The van der Waals surface area contributed by atoms with Gasteiger partial charge >= 0.3 is 0 Å². The lowest BCUT2D eigenvalue weighted by atomic mass is 10.0. The lowest BCUT2D eigenvalue weighted by Gasteiger charge is -2.15. The van der Waals surface area contributed by atoms with Crippen LogP contribution in [0, 0.1) is 0 Å². The molecule has 2 N–H and O–H groups in total. The van der Waals surface area contributed by atoms with Crippen LogP contribution in [0.4, 0.5) is 0 Å². The first-order valence-corrected chi connectivity index (χ1v) is 11.7. The van der Waals surface area contributed by atoms with Crippen LogP contribution in [0.3, 0.4) is 0 Å². The summed E-state index contributed by atoms with van der Waals surface area (Å²) in [6, 6.07) is 28.6. The minimum absolute atomic E-state index is 0.484. The van der Waals surface area contributed by atoms with E-state index in [4.69, 9.17) is 16.3 Å². The van der Waals surface area contributed by atoms with Crippen LogP contribution in [-0.2, 0) is 19.6 Å². The van der Waals surface area contributed by atoms with E-state index in [9.17, 15) is 0 Å². The second-order valence-electron chi connectivity index (χ2n) is 8.16. The van der Waals surface area contributed by atoms with Crippen LogP contribution >= 0.6 is 11.6 Å². The number of rotatable bonds is 9. The van der Waals surface area contributed by atoms with Gasteiger partial charge in [0.15, 0.2) is 0 Å². The molecule has 1 heterocycles. The number of aromatic amines is 1. The highest BCUT2D eigenvalue weighted by Gasteiger charge is 2.10.